The molecule has 4 heterocycles. The third-order valence-corrected chi connectivity index (χ3v) is 9.78. The predicted molar refractivity (Wildman–Crippen MR) is 151 cm³/mol. The lowest BCUT2D eigenvalue weighted by molar-refractivity contribution is -0.141. The molecular formula is C29H36Cl2N4O5. The number of amides is 3. The van der Waals surface area contributed by atoms with Gasteiger partial charge in [0, 0.05) is 37.9 Å². The van der Waals surface area contributed by atoms with E-state index in [0.29, 0.717) is 35.5 Å². The van der Waals surface area contributed by atoms with Crippen LogP contribution in [-0.2, 0) is 23.9 Å². The maximum atomic E-state index is 14.1. The third-order valence-electron chi connectivity index (χ3n) is 9.04. The molecule has 4 aliphatic heterocycles. The molecule has 0 radical (unpaired) electrons. The van der Waals surface area contributed by atoms with Gasteiger partial charge in [-0.2, -0.15) is 0 Å². The van der Waals surface area contributed by atoms with Crippen molar-refractivity contribution >= 4 is 46.6 Å². The smallest absolute Gasteiger partial charge is 0.246 e. The first-order valence-corrected chi connectivity index (χ1v) is 15.2. The fourth-order valence-corrected chi connectivity index (χ4v) is 7.42. The molecule has 2 bridgehead atoms. The van der Waals surface area contributed by atoms with Crippen molar-refractivity contribution in [3.05, 3.63) is 40.4 Å². The van der Waals surface area contributed by atoms with Crippen LogP contribution in [0.1, 0.15) is 38.5 Å². The molecule has 5 atom stereocenters. The van der Waals surface area contributed by atoms with E-state index in [1.807, 2.05) is 12.2 Å². The fraction of sp³-hybridized carbons (Fsp3) is 0.621. The Morgan fingerprint density at radius 2 is 1.80 bits per heavy atom. The molecule has 3 amide bonds. The van der Waals surface area contributed by atoms with Gasteiger partial charge < -0.3 is 25.0 Å². The van der Waals surface area contributed by atoms with Crippen LogP contribution in [0.4, 0.5) is 5.69 Å². The Morgan fingerprint density at radius 1 is 1.02 bits per heavy atom. The molecule has 1 aromatic carbocycles. The summed E-state index contributed by atoms with van der Waals surface area (Å²) in [6.45, 7) is 4.35. The summed E-state index contributed by atoms with van der Waals surface area (Å²) in [6.07, 6.45) is 9.05. The summed E-state index contributed by atoms with van der Waals surface area (Å²) in [5.74, 6) is -2.27. The van der Waals surface area contributed by atoms with E-state index in [2.05, 4.69) is 15.5 Å². The number of fused-ring (bicyclic) bond motifs is 1. The Kier molecular flexibility index (Phi) is 8.12. The maximum absolute atomic E-state index is 14.1. The molecule has 0 aromatic heterocycles. The number of rotatable bonds is 8. The average molecular weight is 592 g/mol. The second-order valence-corrected chi connectivity index (χ2v) is 12.3. The molecule has 40 heavy (non-hydrogen) atoms. The highest BCUT2D eigenvalue weighted by molar-refractivity contribution is 6.42. The van der Waals surface area contributed by atoms with E-state index < -0.39 is 29.6 Å². The zero-order chi connectivity index (χ0) is 27.9. The van der Waals surface area contributed by atoms with Gasteiger partial charge >= 0.3 is 0 Å². The standard InChI is InChI=1S/C29H36Cl2N4O5/c30-20-8-7-19(17-21(20)31)33-26(36)23-22-9-10-29(40-22)24(23)28(38)35(12-4-11-34-13-15-39-16-14-34)25(29)27(37)32-18-5-2-1-3-6-18/h7-10,17-18,22-25H,1-6,11-16H2,(H,32,37)(H,33,36)/t22-,23?,24-,25?,29?/m0/s1. The van der Waals surface area contributed by atoms with E-state index in [4.69, 9.17) is 32.7 Å². The Labute approximate surface area is 244 Å². The number of hydrogen-bond donors (Lipinski definition) is 2. The minimum atomic E-state index is -1.17. The number of halogens is 2. The van der Waals surface area contributed by atoms with E-state index in [1.54, 1.807) is 23.1 Å². The summed E-state index contributed by atoms with van der Waals surface area (Å²) >= 11 is 12.2. The maximum Gasteiger partial charge on any atom is 0.246 e. The average Bonchev–Trinajstić information content (AvgIpc) is 3.59. The van der Waals surface area contributed by atoms with Crippen LogP contribution in [0, 0.1) is 11.8 Å². The quantitative estimate of drug-likeness (QED) is 0.451. The van der Waals surface area contributed by atoms with Gasteiger partial charge in [-0.3, -0.25) is 19.3 Å². The van der Waals surface area contributed by atoms with Crippen LogP contribution < -0.4 is 10.6 Å². The van der Waals surface area contributed by atoms with E-state index in [9.17, 15) is 14.4 Å². The molecule has 216 valence electrons. The Morgan fingerprint density at radius 3 is 2.55 bits per heavy atom. The minimum absolute atomic E-state index is 0.0957. The number of nitrogens with zero attached hydrogens (tertiary/aromatic N) is 2. The molecule has 9 nitrogen and oxygen atoms in total. The molecular weight excluding hydrogens is 555 g/mol. The number of anilines is 1. The number of ether oxygens (including phenoxy) is 2. The number of hydrogen-bond acceptors (Lipinski definition) is 6. The number of carbonyl (C=O) groups excluding carboxylic acids is 3. The lowest BCUT2D eigenvalue weighted by Gasteiger charge is -2.34. The van der Waals surface area contributed by atoms with Gasteiger partial charge in [-0.25, -0.2) is 0 Å². The van der Waals surface area contributed by atoms with Gasteiger partial charge in [0.1, 0.15) is 11.6 Å². The first kappa shape index (κ1) is 28.0. The van der Waals surface area contributed by atoms with Gasteiger partial charge in [-0.05, 0) is 37.5 Å². The number of carbonyl (C=O) groups is 3. The van der Waals surface area contributed by atoms with Crippen LogP contribution in [0.5, 0.6) is 0 Å². The summed E-state index contributed by atoms with van der Waals surface area (Å²) in [7, 11) is 0. The first-order chi connectivity index (χ1) is 19.4. The largest absolute Gasteiger partial charge is 0.379 e. The van der Waals surface area contributed by atoms with Gasteiger partial charge in [0.2, 0.25) is 17.7 Å². The van der Waals surface area contributed by atoms with Crippen molar-refractivity contribution in [1.82, 2.24) is 15.1 Å². The van der Waals surface area contributed by atoms with Crippen LogP contribution in [0.15, 0.2) is 30.4 Å². The molecule has 11 heteroatoms. The van der Waals surface area contributed by atoms with E-state index in [-0.39, 0.29) is 23.8 Å². The van der Waals surface area contributed by atoms with Gasteiger partial charge in [0.05, 0.1) is 41.2 Å². The highest BCUT2D eigenvalue weighted by atomic mass is 35.5. The Hall–Kier alpha value is -2.17. The molecule has 3 saturated heterocycles. The molecule has 1 aliphatic carbocycles. The van der Waals surface area contributed by atoms with Crippen LogP contribution >= 0.6 is 23.2 Å². The molecule has 4 fully saturated rings. The summed E-state index contributed by atoms with van der Waals surface area (Å²) in [6, 6.07) is 4.14. The van der Waals surface area contributed by atoms with Crippen LogP contribution in [-0.4, -0.2) is 90.7 Å². The fourth-order valence-electron chi connectivity index (χ4n) is 7.12. The molecule has 1 aromatic rings. The van der Waals surface area contributed by atoms with Crippen molar-refractivity contribution in [3.63, 3.8) is 0 Å². The first-order valence-electron chi connectivity index (χ1n) is 14.4. The minimum Gasteiger partial charge on any atom is -0.379 e. The van der Waals surface area contributed by atoms with Crippen LogP contribution in [0.25, 0.3) is 0 Å². The van der Waals surface area contributed by atoms with E-state index >= 15 is 0 Å². The van der Waals surface area contributed by atoms with Crippen molar-refractivity contribution in [2.24, 2.45) is 11.8 Å². The van der Waals surface area contributed by atoms with Gasteiger partial charge in [-0.15, -0.1) is 0 Å². The topological polar surface area (TPSA) is 100 Å². The number of likely N-dealkylation sites (tertiary alicyclic amines) is 1. The number of morpholine rings is 1. The second kappa shape index (κ2) is 11.6. The van der Waals surface area contributed by atoms with Gasteiger partial charge in [0.25, 0.3) is 0 Å². The van der Waals surface area contributed by atoms with Gasteiger partial charge in [-0.1, -0.05) is 54.6 Å². The SMILES string of the molecule is O=C(Nc1ccc(Cl)c(Cl)c1)C1[C@@H]2C=CC3(O2)C(C(=O)NC2CCCCC2)N(CCCN2CCOCC2)C(=O)[C@H]13. The monoisotopic (exact) mass is 590 g/mol. The summed E-state index contributed by atoms with van der Waals surface area (Å²) in [5, 5.41) is 6.83. The normalized spacial score (nSPS) is 31.9. The summed E-state index contributed by atoms with van der Waals surface area (Å²) in [5.41, 5.74) is -0.682. The summed E-state index contributed by atoms with van der Waals surface area (Å²) in [4.78, 5) is 45.6. The summed E-state index contributed by atoms with van der Waals surface area (Å²) < 4.78 is 11.9. The Bertz CT molecular complexity index is 1180. The van der Waals surface area contributed by atoms with Crippen molar-refractivity contribution < 1.29 is 23.9 Å². The van der Waals surface area contributed by atoms with Crippen molar-refractivity contribution in [3.8, 4) is 0 Å². The molecule has 3 unspecified atom stereocenters. The third kappa shape index (κ3) is 5.15. The molecule has 5 aliphatic rings. The predicted octanol–water partition coefficient (Wildman–Crippen LogP) is 3.25. The lowest BCUT2D eigenvalue weighted by Crippen LogP contribution is -2.56. The molecule has 2 N–H and O–H groups in total. The molecule has 6 rings (SSSR count). The lowest BCUT2D eigenvalue weighted by atomic mass is 9.74. The van der Waals surface area contributed by atoms with Gasteiger partial charge in [0.15, 0.2) is 0 Å². The van der Waals surface area contributed by atoms with Crippen LogP contribution in [0.2, 0.25) is 10.0 Å². The Balaban J connectivity index is 1.24. The highest BCUT2D eigenvalue weighted by Gasteiger charge is 2.72. The van der Waals surface area contributed by atoms with E-state index in [0.717, 1.165) is 51.7 Å². The second-order valence-electron chi connectivity index (χ2n) is 11.5. The van der Waals surface area contributed by atoms with Crippen molar-refractivity contribution in [2.45, 2.75) is 62.3 Å². The highest BCUT2D eigenvalue weighted by Crippen LogP contribution is 2.55. The molecule has 1 saturated carbocycles. The number of benzene rings is 1. The van der Waals surface area contributed by atoms with E-state index in [1.165, 1.54) is 6.42 Å². The van der Waals surface area contributed by atoms with Crippen molar-refractivity contribution in [2.75, 3.05) is 44.7 Å². The van der Waals surface area contributed by atoms with Crippen molar-refractivity contribution in [1.29, 1.82) is 0 Å². The van der Waals surface area contributed by atoms with Crippen LogP contribution in [0.3, 0.4) is 0 Å². The molecule has 1 spiro atoms. The number of nitrogens with one attached hydrogen (secondary N) is 2. The zero-order valence-corrected chi connectivity index (χ0v) is 24.0. The zero-order valence-electron chi connectivity index (χ0n) is 22.5.